The average Bonchev–Trinajstić information content (AvgIpc) is 2.57. The summed E-state index contributed by atoms with van der Waals surface area (Å²) in [7, 11) is 0. The molecule has 3 aromatic rings. The second kappa shape index (κ2) is 2.45. The third kappa shape index (κ3) is 0.821. The zero-order valence-corrected chi connectivity index (χ0v) is 7.27. The van der Waals surface area contributed by atoms with Crippen molar-refractivity contribution in [3.05, 3.63) is 47.1 Å². The van der Waals surface area contributed by atoms with Crippen molar-refractivity contribution in [2.45, 2.75) is 0 Å². The Kier molecular flexibility index (Phi) is 1.28. The number of rotatable bonds is 0. The summed E-state index contributed by atoms with van der Waals surface area (Å²) in [5.41, 5.74) is 1.41. The van der Waals surface area contributed by atoms with Gasteiger partial charge in [-0.05, 0) is 24.3 Å². The molecule has 0 saturated heterocycles. The molecule has 0 amide bonds. The second-order valence-corrected chi connectivity index (χ2v) is 3.10. The van der Waals surface area contributed by atoms with E-state index < -0.39 is 0 Å². The smallest absolute Gasteiger partial charge is 0.314 e. The molecule has 0 aromatic carbocycles. The fraction of sp³-hybridized carbons (Fsp3) is 0. The van der Waals surface area contributed by atoms with Gasteiger partial charge in [0.2, 0.25) is 0 Å². The van der Waals surface area contributed by atoms with Crippen LogP contribution in [0.1, 0.15) is 0 Å². The molecule has 0 fully saturated rings. The maximum atomic E-state index is 11.5. The Morgan fingerprint density at radius 1 is 1.36 bits per heavy atom. The van der Waals surface area contributed by atoms with Gasteiger partial charge in [0.05, 0.1) is 5.52 Å². The maximum absolute atomic E-state index is 11.5. The van der Waals surface area contributed by atoms with Crippen molar-refractivity contribution >= 4 is 16.6 Å². The van der Waals surface area contributed by atoms with Crippen LogP contribution in [0.4, 0.5) is 0 Å². The van der Waals surface area contributed by atoms with Gasteiger partial charge in [-0.2, -0.15) is 0 Å². The van der Waals surface area contributed by atoms with Crippen molar-refractivity contribution in [3.8, 4) is 0 Å². The number of hydrogen-bond acceptors (Lipinski definition) is 2. The summed E-state index contributed by atoms with van der Waals surface area (Å²) >= 11 is 0. The van der Waals surface area contributed by atoms with E-state index in [1.54, 1.807) is 16.8 Å². The van der Waals surface area contributed by atoms with E-state index in [1.807, 2.05) is 24.3 Å². The lowest BCUT2D eigenvalue weighted by molar-refractivity contribution is 1.02. The summed E-state index contributed by atoms with van der Waals surface area (Å²) in [6.45, 7) is 0. The molecule has 0 spiro atoms. The molecule has 68 valence electrons. The van der Waals surface area contributed by atoms with E-state index in [-0.39, 0.29) is 5.69 Å². The predicted molar refractivity (Wildman–Crippen MR) is 53.3 cm³/mol. The highest BCUT2D eigenvalue weighted by Crippen LogP contribution is 2.14. The van der Waals surface area contributed by atoms with Gasteiger partial charge in [0.1, 0.15) is 5.65 Å². The molecule has 4 nitrogen and oxygen atoms in total. The summed E-state index contributed by atoms with van der Waals surface area (Å²) in [5.74, 6) is 0. The average molecular weight is 185 g/mol. The van der Waals surface area contributed by atoms with Gasteiger partial charge in [0.15, 0.2) is 0 Å². The molecule has 0 bridgehead atoms. The quantitative estimate of drug-likeness (QED) is 0.571. The van der Waals surface area contributed by atoms with Crippen molar-refractivity contribution in [1.29, 1.82) is 0 Å². The fourth-order valence-electron chi connectivity index (χ4n) is 1.65. The topological polar surface area (TPSA) is 50.2 Å². The number of aromatic amines is 1. The second-order valence-electron chi connectivity index (χ2n) is 3.10. The minimum absolute atomic E-state index is 0.156. The van der Waals surface area contributed by atoms with Crippen LogP contribution >= 0.6 is 0 Å². The van der Waals surface area contributed by atoms with E-state index in [9.17, 15) is 4.79 Å². The van der Waals surface area contributed by atoms with E-state index in [0.717, 1.165) is 10.9 Å². The first kappa shape index (κ1) is 7.32. The number of nitrogens with one attached hydrogen (secondary N) is 1. The molecular formula is C10H7N3O. The van der Waals surface area contributed by atoms with Crippen LogP contribution in [-0.4, -0.2) is 14.4 Å². The van der Waals surface area contributed by atoms with E-state index in [4.69, 9.17) is 0 Å². The third-order valence-corrected chi connectivity index (χ3v) is 2.25. The highest BCUT2D eigenvalue weighted by Gasteiger charge is 2.03. The molecular weight excluding hydrogens is 178 g/mol. The van der Waals surface area contributed by atoms with E-state index in [1.165, 1.54) is 0 Å². The normalized spacial score (nSPS) is 11.1. The van der Waals surface area contributed by atoms with E-state index >= 15 is 0 Å². The van der Waals surface area contributed by atoms with E-state index in [0.29, 0.717) is 5.65 Å². The molecule has 3 rings (SSSR count). The number of hydrogen-bond donors (Lipinski definition) is 1. The summed E-state index contributed by atoms with van der Waals surface area (Å²) in [6.07, 6.45) is 3.32. The van der Waals surface area contributed by atoms with Crippen molar-refractivity contribution in [2.75, 3.05) is 0 Å². The summed E-state index contributed by atoms with van der Waals surface area (Å²) < 4.78 is 1.56. The monoisotopic (exact) mass is 185 g/mol. The molecule has 0 aliphatic carbocycles. The van der Waals surface area contributed by atoms with E-state index in [2.05, 4.69) is 9.97 Å². The molecule has 0 saturated carbocycles. The van der Waals surface area contributed by atoms with Crippen molar-refractivity contribution in [2.24, 2.45) is 0 Å². The van der Waals surface area contributed by atoms with Crippen LogP contribution < -0.4 is 5.69 Å². The lowest BCUT2D eigenvalue weighted by atomic mass is 10.3. The first-order valence-corrected chi connectivity index (χ1v) is 4.30. The number of H-pyrrole nitrogens is 1. The molecule has 0 radical (unpaired) electrons. The third-order valence-electron chi connectivity index (χ3n) is 2.25. The van der Waals surface area contributed by atoms with Crippen LogP contribution in [0.15, 0.2) is 41.5 Å². The van der Waals surface area contributed by atoms with Gasteiger partial charge in [0, 0.05) is 17.8 Å². The molecule has 0 aliphatic heterocycles. The Labute approximate surface area is 78.8 Å². The van der Waals surface area contributed by atoms with Gasteiger partial charge in [-0.25, -0.2) is 14.2 Å². The predicted octanol–water partition coefficient (Wildman–Crippen LogP) is 1.18. The highest BCUT2D eigenvalue weighted by molar-refractivity contribution is 5.83. The molecule has 3 aromatic heterocycles. The van der Waals surface area contributed by atoms with Gasteiger partial charge in [-0.15, -0.1) is 0 Å². The summed E-state index contributed by atoms with van der Waals surface area (Å²) in [5, 5.41) is 0.976. The largest absolute Gasteiger partial charge is 0.331 e. The van der Waals surface area contributed by atoms with Gasteiger partial charge < -0.3 is 4.98 Å². The van der Waals surface area contributed by atoms with Crippen LogP contribution in [0.3, 0.4) is 0 Å². The van der Waals surface area contributed by atoms with Gasteiger partial charge in [0.25, 0.3) is 0 Å². The summed E-state index contributed by atoms with van der Waals surface area (Å²) in [6, 6.07) is 7.59. The molecule has 0 aliphatic rings. The first-order valence-electron chi connectivity index (χ1n) is 4.30. The Morgan fingerprint density at radius 3 is 3.21 bits per heavy atom. The lowest BCUT2D eigenvalue weighted by Gasteiger charge is -1.92. The number of fused-ring (bicyclic) bond motifs is 3. The van der Waals surface area contributed by atoms with Crippen molar-refractivity contribution in [3.63, 3.8) is 0 Å². The summed E-state index contributed by atoms with van der Waals surface area (Å²) in [4.78, 5) is 18.3. The Bertz CT molecular complexity index is 665. The maximum Gasteiger partial charge on any atom is 0.331 e. The van der Waals surface area contributed by atoms with Crippen LogP contribution in [0.2, 0.25) is 0 Å². The van der Waals surface area contributed by atoms with Crippen molar-refractivity contribution in [1.82, 2.24) is 14.4 Å². The molecule has 0 unspecified atom stereocenters. The highest BCUT2D eigenvalue weighted by atomic mass is 16.1. The minimum Gasteiger partial charge on any atom is -0.314 e. The van der Waals surface area contributed by atoms with Gasteiger partial charge >= 0.3 is 5.69 Å². The Morgan fingerprint density at radius 2 is 2.29 bits per heavy atom. The molecule has 1 N–H and O–H groups in total. The molecule has 0 atom stereocenters. The van der Waals surface area contributed by atoms with Crippen molar-refractivity contribution < 1.29 is 0 Å². The zero-order valence-electron chi connectivity index (χ0n) is 7.27. The molecule has 14 heavy (non-hydrogen) atoms. The lowest BCUT2D eigenvalue weighted by Crippen LogP contribution is -2.14. The Hall–Kier alpha value is -2.10. The van der Waals surface area contributed by atoms with Crippen LogP contribution in [0, 0.1) is 0 Å². The van der Waals surface area contributed by atoms with Gasteiger partial charge in [-0.1, -0.05) is 0 Å². The number of pyridine rings is 1. The molecule has 3 heterocycles. The minimum atomic E-state index is -0.156. The fourth-order valence-corrected chi connectivity index (χ4v) is 1.65. The van der Waals surface area contributed by atoms with Crippen LogP contribution in [0.25, 0.3) is 16.6 Å². The van der Waals surface area contributed by atoms with Crippen LogP contribution in [0.5, 0.6) is 0 Å². The SMILES string of the molecule is O=c1[nH]ccc2cc3cccnc3n12. The first-order chi connectivity index (χ1) is 6.86. The Balaban J connectivity index is 2.73. The number of aromatic nitrogens is 3. The number of nitrogens with zero attached hydrogens (tertiary/aromatic N) is 2. The standard InChI is InChI=1S/C10H7N3O/c14-10-12-5-3-8-6-7-2-1-4-11-9(7)13(8)10/h1-6H,(H,12,14). The van der Waals surface area contributed by atoms with Gasteiger partial charge in [-0.3, -0.25) is 0 Å². The molecule has 4 heteroatoms. The zero-order chi connectivity index (χ0) is 9.54. The van der Waals surface area contributed by atoms with Crippen LogP contribution in [-0.2, 0) is 0 Å².